The summed E-state index contributed by atoms with van der Waals surface area (Å²) in [4.78, 5) is 36.0. The summed E-state index contributed by atoms with van der Waals surface area (Å²) < 4.78 is 0. The highest BCUT2D eigenvalue weighted by Crippen LogP contribution is 2.31. The average molecular weight is 269 g/mol. The van der Waals surface area contributed by atoms with Crippen LogP contribution in [0, 0.1) is 11.8 Å². The molecule has 1 heterocycles. The van der Waals surface area contributed by atoms with Gasteiger partial charge in [-0.2, -0.15) is 12.6 Å². The lowest BCUT2D eigenvalue weighted by Crippen LogP contribution is -2.37. The summed E-state index contributed by atoms with van der Waals surface area (Å²) in [6.07, 6.45) is 3.86. The SMILES string of the molecule is CC(=O)C1CCC(CN2C(=O)CC(S)C2=O)CC1. The van der Waals surface area contributed by atoms with E-state index in [1.54, 1.807) is 6.92 Å². The fourth-order valence-corrected chi connectivity index (χ4v) is 3.16. The fourth-order valence-electron chi connectivity index (χ4n) is 2.87. The van der Waals surface area contributed by atoms with Gasteiger partial charge in [-0.25, -0.2) is 0 Å². The summed E-state index contributed by atoms with van der Waals surface area (Å²) in [7, 11) is 0. The molecular weight excluding hydrogens is 250 g/mol. The molecule has 5 heteroatoms. The average Bonchev–Trinajstić information content (AvgIpc) is 2.57. The van der Waals surface area contributed by atoms with Gasteiger partial charge >= 0.3 is 0 Å². The molecule has 2 aliphatic rings. The number of hydrogen-bond acceptors (Lipinski definition) is 4. The van der Waals surface area contributed by atoms with E-state index in [0.29, 0.717) is 12.5 Å². The summed E-state index contributed by atoms with van der Waals surface area (Å²) in [6.45, 7) is 2.16. The van der Waals surface area contributed by atoms with Crippen LogP contribution >= 0.6 is 12.6 Å². The van der Waals surface area contributed by atoms with Crippen molar-refractivity contribution in [3.05, 3.63) is 0 Å². The number of hydrogen-bond donors (Lipinski definition) is 1. The molecule has 0 aromatic heterocycles. The Bertz CT molecular complexity index is 374. The van der Waals surface area contributed by atoms with Crippen LogP contribution in [0.15, 0.2) is 0 Å². The molecule has 0 spiro atoms. The largest absolute Gasteiger partial charge is 0.300 e. The number of imide groups is 1. The maximum Gasteiger partial charge on any atom is 0.242 e. The van der Waals surface area contributed by atoms with Crippen molar-refractivity contribution in [3.63, 3.8) is 0 Å². The van der Waals surface area contributed by atoms with Crippen LogP contribution in [0.25, 0.3) is 0 Å². The highest BCUT2D eigenvalue weighted by atomic mass is 32.1. The first-order valence-corrected chi connectivity index (χ1v) is 7.03. The van der Waals surface area contributed by atoms with Crippen LogP contribution in [0.1, 0.15) is 39.0 Å². The Morgan fingerprint density at radius 3 is 2.33 bits per heavy atom. The third kappa shape index (κ3) is 2.76. The number of ketones is 1. The monoisotopic (exact) mass is 269 g/mol. The molecule has 1 saturated carbocycles. The van der Waals surface area contributed by atoms with E-state index >= 15 is 0 Å². The second-order valence-corrected chi connectivity index (χ2v) is 6.01. The lowest BCUT2D eigenvalue weighted by Gasteiger charge is -2.29. The molecule has 1 atom stereocenters. The molecule has 2 rings (SSSR count). The van der Waals surface area contributed by atoms with Crippen LogP contribution in [-0.2, 0) is 14.4 Å². The Kier molecular flexibility index (Phi) is 4.10. The van der Waals surface area contributed by atoms with Gasteiger partial charge in [-0.15, -0.1) is 0 Å². The smallest absolute Gasteiger partial charge is 0.242 e. The zero-order chi connectivity index (χ0) is 13.3. The number of thiol groups is 1. The number of carbonyl (C=O) groups is 3. The van der Waals surface area contributed by atoms with E-state index in [2.05, 4.69) is 12.6 Å². The minimum atomic E-state index is -0.453. The third-order valence-electron chi connectivity index (χ3n) is 4.08. The number of nitrogens with zero attached hydrogens (tertiary/aromatic N) is 1. The molecule has 2 fully saturated rings. The zero-order valence-electron chi connectivity index (χ0n) is 10.6. The van der Waals surface area contributed by atoms with Gasteiger partial charge in [0.2, 0.25) is 11.8 Å². The van der Waals surface area contributed by atoms with Crippen molar-refractivity contribution < 1.29 is 14.4 Å². The zero-order valence-corrected chi connectivity index (χ0v) is 11.5. The predicted molar refractivity (Wildman–Crippen MR) is 70.2 cm³/mol. The topological polar surface area (TPSA) is 54.5 Å². The van der Waals surface area contributed by atoms with Gasteiger partial charge < -0.3 is 0 Å². The molecule has 2 amide bonds. The molecule has 0 aromatic rings. The van der Waals surface area contributed by atoms with E-state index in [4.69, 9.17) is 0 Å². The second kappa shape index (κ2) is 5.43. The fraction of sp³-hybridized carbons (Fsp3) is 0.769. The van der Waals surface area contributed by atoms with Gasteiger partial charge in [0.05, 0.1) is 5.25 Å². The molecule has 0 aromatic carbocycles. The molecule has 1 saturated heterocycles. The first kappa shape index (κ1) is 13.6. The first-order chi connectivity index (χ1) is 8.49. The Morgan fingerprint density at radius 2 is 1.89 bits per heavy atom. The number of amides is 2. The van der Waals surface area contributed by atoms with Gasteiger partial charge in [-0.05, 0) is 38.5 Å². The van der Waals surface area contributed by atoms with Gasteiger partial charge in [0.25, 0.3) is 0 Å². The Labute approximate surface area is 113 Å². The highest BCUT2D eigenvalue weighted by Gasteiger charge is 2.38. The maximum atomic E-state index is 11.7. The minimum absolute atomic E-state index is 0.103. The standard InChI is InChI=1S/C13H19NO3S/c1-8(15)10-4-2-9(3-5-10)7-14-12(16)6-11(18)13(14)17/h9-11,18H,2-7H2,1H3. The molecule has 0 radical (unpaired) electrons. The summed E-state index contributed by atoms with van der Waals surface area (Å²) in [6, 6.07) is 0. The van der Waals surface area contributed by atoms with Gasteiger partial charge in [-0.1, -0.05) is 0 Å². The van der Waals surface area contributed by atoms with E-state index in [1.165, 1.54) is 4.90 Å². The van der Waals surface area contributed by atoms with Crippen LogP contribution in [-0.4, -0.2) is 34.3 Å². The summed E-state index contributed by atoms with van der Waals surface area (Å²) in [5.74, 6) is 0.541. The van der Waals surface area contributed by atoms with Crippen LogP contribution in [0.3, 0.4) is 0 Å². The van der Waals surface area contributed by atoms with Gasteiger partial charge in [-0.3, -0.25) is 19.3 Å². The quantitative estimate of drug-likeness (QED) is 0.623. The third-order valence-corrected chi connectivity index (χ3v) is 4.49. The predicted octanol–water partition coefficient (Wildman–Crippen LogP) is 1.44. The molecule has 0 N–H and O–H groups in total. The maximum absolute atomic E-state index is 11.7. The highest BCUT2D eigenvalue weighted by molar-refractivity contribution is 7.81. The molecule has 0 bridgehead atoms. The van der Waals surface area contributed by atoms with Gasteiger partial charge in [0.1, 0.15) is 5.78 Å². The molecule has 1 unspecified atom stereocenters. The number of likely N-dealkylation sites (tertiary alicyclic amines) is 1. The van der Waals surface area contributed by atoms with Crippen molar-refractivity contribution in [2.45, 2.75) is 44.3 Å². The Balaban J connectivity index is 1.87. The molecular formula is C13H19NO3S. The van der Waals surface area contributed by atoms with E-state index < -0.39 is 5.25 Å². The number of Topliss-reactive ketones (excluding diaryl/α,β-unsaturated/α-hetero) is 1. The lowest BCUT2D eigenvalue weighted by atomic mass is 9.80. The Hall–Kier alpha value is -0.840. The van der Waals surface area contributed by atoms with E-state index in [1.807, 2.05) is 0 Å². The molecule has 1 aliphatic carbocycles. The van der Waals surface area contributed by atoms with Crippen LogP contribution in [0.4, 0.5) is 0 Å². The molecule has 18 heavy (non-hydrogen) atoms. The minimum Gasteiger partial charge on any atom is -0.300 e. The number of rotatable bonds is 3. The van der Waals surface area contributed by atoms with E-state index in [9.17, 15) is 14.4 Å². The van der Waals surface area contributed by atoms with Crippen molar-refractivity contribution in [2.75, 3.05) is 6.54 Å². The van der Waals surface area contributed by atoms with Crippen LogP contribution in [0.2, 0.25) is 0 Å². The van der Waals surface area contributed by atoms with Crippen molar-refractivity contribution >= 4 is 30.2 Å². The summed E-state index contributed by atoms with van der Waals surface area (Å²) >= 11 is 4.11. The van der Waals surface area contributed by atoms with Crippen molar-refractivity contribution in [1.82, 2.24) is 4.90 Å². The van der Waals surface area contributed by atoms with Crippen LogP contribution < -0.4 is 0 Å². The van der Waals surface area contributed by atoms with E-state index in [-0.39, 0.29) is 29.9 Å². The van der Waals surface area contributed by atoms with Crippen molar-refractivity contribution in [2.24, 2.45) is 11.8 Å². The lowest BCUT2D eigenvalue weighted by molar-refractivity contribution is -0.139. The summed E-state index contributed by atoms with van der Waals surface area (Å²) in [5, 5.41) is -0.453. The van der Waals surface area contributed by atoms with E-state index in [0.717, 1.165) is 25.7 Å². The van der Waals surface area contributed by atoms with Crippen LogP contribution in [0.5, 0.6) is 0 Å². The normalized spacial score (nSPS) is 33.0. The first-order valence-electron chi connectivity index (χ1n) is 6.51. The summed E-state index contributed by atoms with van der Waals surface area (Å²) in [5.41, 5.74) is 0. The molecule has 1 aliphatic heterocycles. The van der Waals surface area contributed by atoms with Crippen molar-refractivity contribution in [1.29, 1.82) is 0 Å². The van der Waals surface area contributed by atoms with Gasteiger partial charge in [0.15, 0.2) is 0 Å². The molecule has 100 valence electrons. The van der Waals surface area contributed by atoms with Crippen molar-refractivity contribution in [3.8, 4) is 0 Å². The Morgan fingerprint density at radius 1 is 1.28 bits per heavy atom. The second-order valence-electron chi connectivity index (χ2n) is 5.39. The van der Waals surface area contributed by atoms with Gasteiger partial charge in [0, 0.05) is 18.9 Å². The number of carbonyl (C=O) groups excluding carboxylic acids is 3. The molecule has 4 nitrogen and oxygen atoms in total.